The monoisotopic (exact) mass is 269 g/mol. The molecule has 1 amide bonds. The standard InChI is InChI=1S/C12H16ClN3O2/c1-7-4-8(6-9(13)5-7)10(17)15-12(2,3)11(14)16-18/h4-6,18H,1-3H3,(H2,14,16)(H,15,17). The first-order chi connectivity index (χ1) is 8.26. The highest BCUT2D eigenvalue weighted by Gasteiger charge is 2.26. The zero-order valence-corrected chi connectivity index (χ0v) is 11.2. The number of benzene rings is 1. The number of nitrogens with two attached hydrogens (primary N) is 1. The van der Waals surface area contributed by atoms with E-state index in [1.807, 2.05) is 6.92 Å². The molecular weight excluding hydrogens is 254 g/mol. The van der Waals surface area contributed by atoms with E-state index in [9.17, 15) is 4.79 Å². The average Bonchev–Trinajstić information content (AvgIpc) is 2.25. The fourth-order valence-electron chi connectivity index (χ4n) is 1.41. The lowest BCUT2D eigenvalue weighted by Crippen LogP contribution is -2.53. The number of nitrogens with zero attached hydrogens (tertiary/aromatic N) is 1. The van der Waals surface area contributed by atoms with E-state index in [0.29, 0.717) is 10.6 Å². The summed E-state index contributed by atoms with van der Waals surface area (Å²) in [7, 11) is 0. The van der Waals surface area contributed by atoms with Crippen molar-refractivity contribution in [1.82, 2.24) is 5.32 Å². The van der Waals surface area contributed by atoms with Crippen LogP contribution in [0.5, 0.6) is 0 Å². The third kappa shape index (κ3) is 3.37. The summed E-state index contributed by atoms with van der Waals surface area (Å²) in [6, 6.07) is 5.03. The van der Waals surface area contributed by atoms with Gasteiger partial charge in [-0.3, -0.25) is 4.79 Å². The van der Waals surface area contributed by atoms with Crippen LogP contribution in [0.2, 0.25) is 5.02 Å². The summed E-state index contributed by atoms with van der Waals surface area (Å²) in [5.41, 5.74) is 5.87. The van der Waals surface area contributed by atoms with Gasteiger partial charge in [-0.25, -0.2) is 0 Å². The molecule has 0 heterocycles. The summed E-state index contributed by atoms with van der Waals surface area (Å²) in [5.74, 6) is -0.410. The van der Waals surface area contributed by atoms with Gasteiger partial charge in [-0.15, -0.1) is 0 Å². The number of carbonyl (C=O) groups excluding carboxylic acids is 1. The van der Waals surface area contributed by atoms with E-state index >= 15 is 0 Å². The molecule has 1 rings (SSSR count). The molecule has 6 heteroatoms. The van der Waals surface area contributed by atoms with Crippen molar-refractivity contribution < 1.29 is 10.0 Å². The van der Waals surface area contributed by atoms with Crippen LogP contribution in [0.1, 0.15) is 29.8 Å². The highest BCUT2D eigenvalue weighted by molar-refractivity contribution is 6.31. The van der Waals surface area contributed by atoms with Gasteiger partial charge in [0.1, 0.15) is 0 Å². The molecule has 0 saturated heterocycles. The lowest BCUT2D eigenvalue weighted by atomic mass is 10.0. The van der Waals surface area contributed by atoms with Crippen molar-refractivity contribution in [3.8, 4) is 0 Å². The van der Waals surface area contributed by atoms with Gasteiger partial charge in [-0.05, 0) is 44.5 Å². The van der Waals surface area contributed by atoms with E-state index in [-0.39, 0.29) is 11.7 Å². The molecule has 1 aromatic carbocycles. The maximum absolute atomic E-state index is 12.0. The number of hydrogen-bond donors (Lipinski definition) is 3. The van der Waals surface area contributed by atoms with Gasteiger partial charge >= 0.3 is 0 Å². The number of carbonyl (C=O) groups is 1. The van der Waals surface area contributed by atoms with E-state index in [1.54, 1.807) is 32.0 Å². The second-order valence-electron chi connectivity index (χ2n) is 4.58. The summed E-state index contributed by atoms with van der Waals surface area (Å²) in [6.07, 6.45) is 0. The van der Waals surface area contributed by atoms with Crippen LogP contribution in [0.4, 0.5) is 0 Å². The van der Waals surface area contributed by atoms with Crippen LogP contribution in [0.3, 0.4) is 0 Å². The first kappa shape index (κ1) is 14.3. The summed E-state index contributed by atoms with van der Waals surface area (Å²) >= 11 is 5.89. The fourth-order valence-corrected chi connectivity index (χ4v) is 1.70. The quantitative estimate of drug-likeness (QED) is 0.339. The topological polar surface area (TPSA) is 87.7 Å². The number of amides is 1. The van der Waals surface area contributed by atoms with Crippen molar-refractivity contribution in [3.63, 3.8) is 0 Å². The minimum atomic E-state index is -0.942. The minimum Gasteiger partial charge on any atom is -0.409 e. The lowest BCUT2D eigenvalue weighted by molar-refractivity contribution is 0.0930. The molecule has 0 aliphatic rings. The highest BCUT2D eigenvalue weighted by atomic mass is 35.5. The smallest absolute Gasteiger partial charge is 0.252 e. The Morgan fingerprint density at radius 3 is 2.56 bits per heavy atom. The predicted molar refractivity (Wildman–Crippen MR) is 71.1 cm³/mol. The van der Waals surface area contributed by atoms with Crippen LogP contribution in [0, 0.1) is 6.92 Å². The zero-order valence-electron chi connectivity index (χ0n) is 10.5. The van der Waals surface area contributed by atoms with E-state index in [1.165, 1.54) is 0 Å². The Balaban J connectivity index is 2.95. The number of halogens is 1. The Bertz CT molecular complexity index is 478. The molecule has 0 spiro atoms. The first-order valence-electron chi connectivity index (χ1n) is 5.34. The summed E-state index contributed by atoms with van der Waals surface area (Å²) in [4.78, 5) is 12.0. The van der Waals surface area contributed by atoms with Crippen LogP contribution in [0.25, 0.3) is 0 Å². The largest absolute Gasteiger partial charge is 0.409 e. The van der Waals surface area contributed by atoms with Crippen molar-refractivity contribution in [2.75, 3.05) is 0 Å². The van der Waals surface area contributed by atoms with Gasteiger partial charge in [0.25, 0.3) is 5.91 Å². The number of nitrogens with one attached hydrogen (secondary N) is 1. The number of rotatable bonds is 3. The maximum Gasteiger partial charge on any atom is 0.252 e. The van der Waals surface area contributed by atoms with Gasteiger partial charge in [0.2, 0.25) is 0 Å². The van der Waals surface area contributed by atoms with Crippen LogP contribution < -0.4 is 11.1 Å². The SMILES string of the molecule is Cc1cc(Cl)cc(C(=O)NC(C)(C)/C(N)=N/O)c1. The first-order valence-corrected chi connectivity index (χ1v) is 5.72. The van der Waals surface area contributed by atoms with E-state index in [4.69, 9.17) is 22.5 Å². The van der Waals surface area contributed by atoms with Crippen molar-refractivity contribution in [1.29, 1.82) is 0 Å². The number of hydrogen-bond acceptors (Lipinski definition) is 3. The average molecular weight is 270 g/mol. The molecule has 0 aliphatic carbocycles. The van der Waals surface area contributed by atoms with Gasteiger partial charge in [-0.1, -0.05) is 16.8 Å². The number of oxime groups is 1. The van der Waals surface area contributed by atoms with Crippen LogP contribution >= 0.6 is 11.6 Å². The second kappa shape index (κ2) is 5.27. The molecule has 0 aromatic heterocycles. The maximum atomic E-state index is 12.0. The molecule has 5 nitrogen and oxygen atoms in total. The van der Waals surface area contributed by atoms with E-state index in [2.05, 4.69) is 10.5 Å². The van der Waals surface area contributed by atoms with Crippen LogP contribution in [-0.4, -0.2) is 22.5 Å². The summed E-state index contributed by atoms with van der Waals surface area (Å²) in [5, 5.41) is 14.7. The zero-order chi connectivity index (χ0) is 13.9. The molecule has 98 valence electrons. The Morgan fingerprint density at radius 1 is 1.44 bits per heavy atom. The van der Waals surface area contributed by atoms with Gasteiger partial charge in [0.15, 0.2) is 5.84 Å². The molecule has 0 saturated carbocycles. The molecule has 1 aromatic rings. The highest BCUT2D eigenvalue weighted by Crippen LogP contribution is 2.15. The molecule has 0 bridgehead atoms. The molecule has 18 heavy (non-hydrogen) atoms. The van der Waals surface area contributed by atoms with Crippen LogP contribution in [0.15, 0.2) is 23.4 Å². The fraction of sp³-hybridized carbons (Fsp3) is 0.333. The normalized spacial score (nSPS) is 12.3. The van der Waals surface area contributed by atoms with Crippen LogP contribution in [-0.2, 0) is 0 Å². The summed E-state index contributed by atoms with van der Waals surface area (Å²) < 4.78 is 0. The Morgan fingerprint density at radius 2 is 2.06 bits per heavy atom. The van der Waals surface area contributed by atoms with Gasteiger partial charge in [0.05, 0.1) is 5.54 Å². The molecule has 0 radical (unpaired) electrons. The Hall–Kier alpha value is -1.75. The molecule has 0 aliphatic heterocycles. The van der Waals surface area contributed by atoms with Gasteiger partial charge < -0.3 is 16.3 Å². The van der Waals surface area contributed by atoms with Crippen molar-refractivity contribution in [3.05, 3.63) is 34.3 Å². The van der Waals surface area contributed by atoms with Crippen molar-refractivity contribution in [2.24, 2.45) is 10.9 Å². The molecule has 4 N–H and O–H groups in total. The Kier molecular flexibility index (Phi) is 4.19. The number of amidine groups is 1. The Labute approximate surface area is 111 Å². The number of aryl methyl sites for hydroxylation is 1. The third-order valence-electron chi connectivity index (χ3n) is 2.48. The van der Waals surface area contributed by atoms with Gasteiger partial charge in [0, 0.05) is 10.6 Å². The second-order valence-corrected chi connectivity index (χ2v) is 5.02. The summed E-state index contributed by atoms with van der Waals surface area (Å²) in [6.45, 7) is 5.12. The van der Waals surface area contributed by atoms with Crippen molar-refractivity contribution in [2.45, 2.75) is 26.3 Å². The van der Waals surface area contributed by atoms with Crippen molar-refractivity contribution >= 4 is 23.3 Å². The van der Waals surface area contributed by atoms with E-state index < -0.39 is 5.54 Å². The lowest BCUT2D eigenvalue weighted by Gasteiger charge is -2.24. The molecule has 0 fully saturated rings. The molecular formula is C12H16ClN3O2. The minimum absolute atomic E-state index is 0.0744. The predicted octanol–water partition coefficient (Wildman–Crippen LogP) is 1.90. The third-order valence-corrected chi connectivity index (χ3v) is 2.70. The molecule has 0 atom stereocenters. The molecule has 0 unspecified atom stereocenters. The van der Waals surface area contributed by atoms with Gasteiger partial charge in [-0.2, -0.15) is 0 Å². The van der Waals surface area contributed by atoms with E-state index in [0.717, 1.165) is 5.56 Å².